The summed E-state index contributed by atoms with van der Waals surface area (Å²) in [6, 6.07) is 11.2. The molecule has 6 heterocycles. The van der Waals surface area contributed by atoms with Crippen LogP contribution in [0.25, 0.3) is 10.6 Å². The molecule has 0 radical (unpaired) electrons. The molecule has 7 rings (SSSR count). The standard InChI is InChI=1S/C33H29FN6O5S/c1-19-12-24(29(36-15-19)39-17-33(18-39)7-10-45-11-8-33)30(41)37-23-4-2-20(3-5-23)32(43)40-9-6-21-13-26(31(42)38-44)46-28(21)27-25(40)14-22(34)16-35-27/h2-5,12-16H,6-11,17-18H2,1H3,(H,37,41). The number of ether oxygens (including phenoxy) is 1. The van der Waals surface area contributed by atoms with Gasteiger partial charge in [0, 0.05) is 67.0 Å². The molecule has 0 unspecified atom stereocenters. The monoisotopic (exact) mass is 640 g/mol. The molecule has 46 heavy (non-hydrogen) atoms. The largest absolute Gasteiger partial charge is 0.381 e. The molecular weight excluding hydrogens is 611 g/mol. The van der Waals surface area contributed by atoms with Crippen molar-refractivity contribution >= 4 is 46.3 Å². The average Bonchev–Trinajstić information content (AvgIpc) is 3.42. The third-order valence-electron chi connectivity index (χ3n) is 8.84. The maximum absolute atomic E-state index is 14.4. The summed E-state index contributed by atoms with van der Waals surface area (Å²) in [4.78, 5) is 63.2. The molecule has 3 aliphatic rings. The van der Waals surface area contributed by atoms with E-state index in [2.05, 4.69) is 25.4 Å². The summed E-state index contributed by atoms with van der Waals surface area (Å²) in [5.41, 5.74) is 3.74. The number of aromatic nitrogens is 2. The van der Waals surface area contributed by atoms with E-state index in [1.165, 1.54) is 11.0 Å². The predicted octanol–water partition coefficient (Wildman–Crippen LogP) is 5.63. The molecule has 0 atom stereocenters. The molecule has 1 spiro atoms. The molecule has 3 amide bonds. The zero-order valence-corrected chi connectivity index (χ0v) is 25.7. The lowest BCUT2D eigenvalue weighted by Gasteiger charge is -2.53. The second-order valence-corrected chi connectivity index (χ2v) is 13.0. The highest BCUT2D eigenvalue weighted by Crippen LogP contribution is 2.43. The molecular formula is C33H29FN6O5S. The Hall–Kier alpha value is -4.88. The number of hydrogen-bond acceptors (Lipinski definition) is 9. The number of carbonyl (C=O) groups excluding carboxylic acids is 3. The number of fused-ring (bicyclic) bond motifs is 3. The van der Waals surface area contributed by atoms with Crippen molar-refractivity contribution in [2.75, 3.05) is 48.0 Å². The van der Waals surface area contributed by atoms with E-state index in [9.17, 15) is 23.7 Å². The Morgan fingerprint density at radius 1 is 1.04 bits per heavy atom. The topological polar surface area (TPSA) is 134 Å². The fraction of sp³-hybridized carbons (Fsp3) is 0.303. The number of aryl methyl sites for hydroxylation is 1. The van der Waals surface area contributed by atoms with Crippen molar-refractivity contribution < 1.29 is 23.5 Å². The molecule has 0 bridgehead atoms. The van der Waals surface area contributed by atoms with E-state index >= 15 is 0 Å². The number of hydrogen-bond donors (Lipinski definition) is 1. The van der Waals surface area contributed by atoms with Crippen LogP contribution in [0.15, 0.2) is 60.0 Å². The summed E-state index contributed by atoms with van der Waals surface area (Å²) in [5, 5.41) is 5.44. The molecule has 4 aromatic rings. The average molecular weight is 641 g/mol. The van der Waals surface area contributed by atoms with Crippen LogP contribution in [0.2, 0.25) is 0 Å². The Morgan fingerprint density at radius 2 is 1.80 bits per heavy atom. The second-order valence-electron chi connectivity index (χ2n) is 12.0. The van der Waals surface area contributed by atoms with Gasteiger partial charge in [0.1, 0.15) is 17.3 Å². The fourth-order valence-electron chi connectivity index (χ4n) is 6.40. The van der Waals surface area contributed by atoms with Crippen molar-refractivity contribution in [1.29, 1.82) is 0 Å². The van der Waals surface area contributed by atoms with Crippen LogP contribution in [-0.2, 0) is 11.2 Å². The highest BCUT2D eigenvalue weighted by atomic mass is 32.1. The van der Waals surface area contributed by atoms with Gasteiger partial charge in [-0.2, -0.15) is 0 Å². The number of nitroso groups, excluding NO2 is 1. The Bertz CT molecular complexity index is 1880. The van der Waals surface area contributed by atoms with Gasteiger partial charge in [0.25, 0.3) is 11.8 Å². The number of thiophene rings is 1. The number of rotatable bonds is 5. The van der Waals surface area contributed by atoms with Crippen LogP contribution in [0.5, 0.6) is 0 Å². The van der Waals surface area contributed by atoms with Gasteiger partial charge in [-0.25, -0.2) is 9.37 Å². The van der Waals surface area contributed by atoms with E-state index in [1.54, 1.807) is 36.5 Å². The van der Waals surface area contributed by atoms with Gasteiger partial charge in [-0.1, -0.05) is 0 Å². The van der Waals surface area contributed by atoms with Crippen LogP contribution in [-0.4, -0.2) is 60.5 Å². The van der Waals surface area contributed by atoms with Crippen molar-refractivity contribution in [2.24, 2.45) is 10.6 Å². The van der Waals surface area contributed by atoms with Crippen LogP contribution in [0.3, 0.4) is 0 Å². The van der Waals surface area contributed by atoms with Crippen molar-refractivity contribution in [2.45, 2.75) is 26.2 Å². The zero-order valence-electron chi connectivity index (χ0n) is 24.9. The van der Waals surface area contributed by atoms with Crippen LogP contribution in [0, 0.1) is 23.1 Å². The van der Waals surface area contributed by atoms with Crippen molar-refractivity contribution in [3.8, 4) is 10.6 Å². The molecule has 3 aliphatic heterocycles. The number of amides is 3. The summed E-state index contributed by atoms with van der Waals surface area (Å²) in [5.74, 6) is -1.53. The Labute approximate surface area is 267 Å². The number of pyridine rings is 2. The Kier molecular flexibility index (Phi) is 7.65. The minimum absolute atomic E-state index is 0.163. The highest BCUT2D eigenvalue weighted by Gasteiger charge is 2.45. The lowest BCUT2D eigenvalue weighted by molar-refractivity contribution is -0.000511. The number of carbonyl (C=O) groups is 3. The summed E-state index contributed by atoms with van der Waals surface area (Å²) in [6.45, 7) is 5.29. The number of halogens is 1. The molecule has 11 nitrogen and oxygen atoms in total. The van der Waals surface area contributed by atoms with Gasteiger partial charge in [-0.3, -0.25) is 19.4 Å². The van der Waals surface area contributed by atoms with Gasteiger partial charge in [-0.05, 0) is 73.7 Å². The molecule has 1 N–H and O–H groups in total. The Morgan fingerprint density at radius 3 is 2.54 bits per heavy atom. The minimum atomic E-state index is -0.888. The van der Waals surface area contributed by atoms with E-state index in [4.69, 9.17) is 4.74 Å². The lowest BCUT2D eigenvalue weighted by atomic mass is 9.73. The van der Waals surface area contributed by atoms with E-state index in [-0.39, 0.29) is 34.3 Å². The van der Waals surface area contributed by atoms with Crippen molar-refractivity contribution in [3.05, 3.63) is 92.7 Å². The molecule has 234 valence electrons. The van der Waals surface area contributed by atoms with Gasteiger partial charge < -0.3 is 19.9 Å². The lowest BCUT2D eigenvalue weighted by Crippen LogP contribution is -2.59. The van der Waals surface area contributed by atoms with Crippen LogP contribution in [0.1, 0.15) is 54.4 Å². The van der Waals surface area contributed by atoms with E-state index in [0.29, 0.717) is 39.6 Å². The van der Waals surface area contributed by atoms with Gasteiger partial charge >= 0.3 is 5.91 Å². The molecule has 0 saturated carbocycles. The molecule has 13 heteroatoms. The maximum Gasteiger partial charge on any atom is 0.326 e. The summed E-state index contributed by atoms with van der Waals surface area (Å²) < 4.78 is 19.9. The first-order valence-electron chi connectivity index (χ1n) is 14.9. The van der Waals surface area contributed by atoms with E-state index in [1.807, 2.05) is 13.0 Å². The minimum Gasteiger partial charge on any atom is -0.381 e. The third kappa shape index (κ3) is 5.45. The second kappa shape index (κ2) is 11.8. The quantitative estimate of drug-likeness (QED) is 0.278. The first-order valence-corrected chi connectivity index (χ1v) is 15.7. The molecule has 1 aromatic carbocycles. The number of benzene rings is 1. The smallest absolute Gasteiger partial charge is 0.326 e. The highest BCUT2D eigenvalue weighted by molar-refractivity contribution is 7.17. The van der Waals surface area contributed by atoms with Crippen LogP contribution in [0.4, 0.5) is 21.6 Å². The van der Waals surface area contributed by atoms with E-state index in [0.717, 1.165) is 67.8 Å². The first kappa shape index (κ1) is 29.8. The third-order valence-corrected chi connectivity index (χ3v) is 10.0. The normalized spacial score (nSPS) is 16.6. The van der Waals surface area contributed by atoms with Gasteiger partial charge in [0.15, 0.2) is 0 Å². The SMILES string of the molecule is Cc1cnc(N2CC3(CCOCC3)C2)c(C(=O)Nc2ccc(C(=O)N3CCc4cc(C(=O)N=O)sc4-c4ncc(F)cc43)cc2)c1. The number of nitrogens with one attached hydrogen (secondary N) is 1. The maximum atomic E-state index is 14.4. The molecule has 0 aliphatic carbocycles. The number of nitrogens with zero attached hydrogens (tertiary/aromatic N) is 5. The first-order chi connectivity index (χ1) is 22.2. The predicted molar refractivity (Wildman–Crippen MR) is 171 cm³/mol. The molecule has 3 aromatic heterocycles. The fourth-order valence-corrected chi connectivity index (χ4v) is 7.50. The summed E-state index contributed by atoms with van der Waals surface area (Å²) >= 11 is 1.04. The summed E-state index contributed by atoms with van der Waals surface area (Å²) in [7, 11) is 0. The van der Waals surface area contributed by atoms with Gasteiger partial charge in [0.2, 0.25) is 0 Å². The van der Waals surface area contributed by atoms with Gasteiger partial charge in [0.05, 0.1) is 27.2 Å². The molecule has 2 saturated heterocycles. The Balaban J connectivity index is 1.09. The summed E-state index contributed by atoms with van der Waals surface area (Å²) in [6.07, 6.45) is 5.19. The van der Waals surface area contributed by atoms with Crippen molar-refractivity contribution in [1.82, 2.24) is 9.97 Å². The zero-order chi connectivity index (χ0) is 32.0. The van der Waals surface area contributed by atoms with Crippen LogP contribution < -0.4 is 15.1 Å². The van der Waals surface area contributed by atoms with Crippen LogP contribution >= 0.6 is 11.3 Å². The van der Waals surface area contributed by atoms with Crippen molar-refractivity contribution in [3.63, 3.8) is 0 Å². The number of anilines is 3. The molecule has 2 fully saturated rings. The van der Waals surface area contributed by atoms with Gasteiger partial charge in [-0.15, -0.1) is 16.2 Å². The van der Waals surface area contributed by atoms with E-state index < -0.39 is 11.7 Å².